The quantitative estimate of drug-likeness (QED) is 0.675. The minimum atomic E-state index is -4.57. The minimum absolute atomic E-state index is 0. The molecule has 0 aliphatic carbocycles. The van der Waals surface area contributed by atoms with E-state index in [0.29, 0.717) is 18.5 Å². The summed E-state index contributed by atoms with van der Waals surface area (Å²) in [6, 6.07) is 6.63. The van der Waals surface area contributed by atoms with Crippen molar-refractivity contribution >= 4 is 29.2 Å². The lowest BCUT2D eigenvalue weighted by atomic mass is 10.1. The van der Waals surface area contributed by atoms with Crippen LogP contribution < -0.4 is 10.7 Å². The van der Waals surface area contributed by atoms with Gasteiger partial charge in [-0.25, -0.2) is 0 Å². The van der Waals surface area contributed by atoms with Crippen LogP contribution in [0.4, 0.5) is 13.2 Å². The number of nitrogens with one attached hydrogen (secondary N) is 1. The average molecular weight is 426 g/mol. The van der Waals surface area contributed by atoms with Crippen LogP contribution in [0, 0.1) is 0 Å². The molecule has 0 radical (unpaired) electrons. The van der Waals surface area contributed by atoms with Crippen LogP contribution in [0.5, 0.6) is 0 Å². The molecule has 9 heteroatoms. The number of fused-ring (bicyclic) bond motifs is 1. The highest BCUT2D eigenvalue weighted by Gasteiger charge is 2.31. The molecular formula is C20H19ClF3N3O2. The Labute approximate surface area is 171 Å². The topological polar surface area (TPSA) is 64.0 Å². The van der Waals surface area contributed by atoms with Gasteiger partial charge in [0.2, 0.25) is 5.43 Å². The van der Waals surface area contributed by atoms with Crippen LogP contribution >= 0.6 is 12.4 Å². The average Bonchev–Trinajstić information content (AvgIpc) is 2.68. The molecule has 2 aromatic heterocycles. The van der Waals surface area contributed by atoms with E-state index in [4.69, 9.17) is 0 Å². The molecule has 0 aliphatic rings. The first kappa shape index (κ1) is 22.4. The van der Waals surface area contributed by atoms with Gasteiger partial charge in [0.15, 0.2) is 0 Å². The Morgan fingerprint density at radius 3 is 2.62 bits per heavy atom. The molecule has 0 unspecified atom stereocenters. The summed E-state index contributed by atoms with van der Waals surface area (Å²) >= 11 is 0. The van der Waals surface area contributed by atoms with E-state index >= 15 is 0 Å². The SMILES string of the molecule is CCn1cc(C(=O)NCCc2cccnc2)c(=O)c2cc(C(F)(F)F)ccc21.Cl. The van der Waals surface area contributed by atoms with Crippen LogP contribution in [0.15, 0.2) is 53.7 Å². The number of halogens is 4. The highest BCUT2D eigenvalue weighted by Crippen LogP contribution is 2.30. The second-order valence-corrected chi connectivity index (χ2v) is 6.25. The Bertz CT molecular complexity index is 1070. The summed E-state index contributed by atoms with van der Waals surface area (Å²) in [4.78, 5) is 29.2. The predicted octanol–water partition coefficient (Wildman–Crippen LogP) is 3.83. The monoisotopic (exact) mass is 425 g/mol. The molecule has 1 N–H and O–H groups in total. The maximum absolute atomic E-state index is 13.0. The van der Waals surface area contributed by atoms with Crippen LogP contribution in [0.2, 0.25) is 0 Å². The molecule has 1 aromatic carbocycles. The van der Waals surface area contributed by atoms with Crippen molar-refractivity contribution in [2.45, 2.75) is 26.1 Å². The number of amides is 1. The third kappa shape index (κ3) is 4.95. The number of rotatable bonds is 5. The number of pyridine rings is 2. The zero-order valence-corrected chi connectivity index (χ0v) is 16.3. The summed E-state index contributed by atoms with van der Waals surface area (Å²) in [6.07, 6.45) is 0.648. The minimum Gasteiger partial charge on any atom is -0.352 e. The molecule has 0 spiro atoms. The van der Waals surface area contributed by atoms with Crippen molar-refractivity contribution in [3.05, 3.63) is 75.8 Å². The van der Waals surface area contributed by atoms with E-state index in [-0.39, 0.29) is 29.9 Å². The van der Waals surface area contributed by atoms with E-state index in [1.54, 1.807) is 30.0 Å². The number of nitrogens with zero attached hydrogens (tertiary/aromatic N) is 2. The molecule has 3 rings (SSSR count). The fourth-order valence-electron chi connectivity index (χ4n) is 2.96. The molecule has 0 atom stereocenters. The number of hydrogen-bond donors (Lipinski definition) is 1. The van der Waals surface area contributed by atoms with Gasteiger partial charge in [0.05, 0.1) is 11.1 Å². The highest BCUT2D eigenvalue weighted by molar-refractivity contribution is 5.97. The van der Waals surface area contributed by atoms with Gasteiger partial charge in [0.25, 0.3) is 5.91 Å². The van der Waals surface area contributed by atoms with Crippen molar-refractivity contribution in [2.24, 2.45) is 0 Å². The number of benzene rings is 1. The summed E-state index contributed by atoms with van der Waals surface area (Å²) in [5.41, 5.74) is -0.548. The van der Waals surface area contributed by atoms with Crippen molar-refractivity contribution in [1.29, 1.82) is 0 Å². The zero-order valence-electron chi connectivity index (χ0n) is 15.5. The van der Waals surface area contributed by atoms with E-state index in [1.165, 1.54) is 12.3 Å². The third-order valence-corrected chi connectivity index (χ3v) is 4.41. The largest absolute Gasteiger partial charge is 0.416 e. The number of aromatic nitrogens is 2. The molecule has 1 amide bonds. The van der Waals surface area contributed by atoms with Crippen molar-refractivity contribution in [3.63, 3.8) is 0 Å². The summed E-state index contributed by atoms with van der Waals surface area (Å²) < 4.78 is 40.7. The van der Waals surface area contributed by atoms with Gasteiger partial charge in [-0.15, -0.1) is 12.4 Å². The lowest BCUT2D eigenvalue weighted by molar-refractivity contribution is -0.137. The zero-order chi connectivity index (χ0) is 20.3. The molecule has 0 fully saturated rings. The fraction of sp³-hybridized carbons (Fsp3) is 0.250. The normalized spacial score (nSPS) is 11.2. The van der Waals surface area contributed by atoms with Crippen molar-refractivity contribution in [1.82, 2.24) is 14.9 Å². The molecule has 0 saturated carbocycles. The number of alkyl halides is 3. The van der Waals surface area contributed by atoms with Gasteiger partial charge < -0.3 is 9.88 Å². The number of hydrogen-bond acceptors (Lipinski definition) is 3. The molecule has 3 aromatic rings. The lowest BCUT2D eigenvalue weighted by Crippen LogP contribution is -2.31. The van der Waals surface area contributed by atoms with E-state index in [0.717, 1.165) is 17.7 Å². The van der Waals surface area contributed by atoms with Gasteiger partial charge in [-0.05, 0) is 43.2 Å². The van der Waals surface area contributed by atoms with Gasteiger partial charge in [-0.1, -0.05) is 6.07 Å². The second-order valence-electron chi connectivity index (χ2n) is 6.25. The van der Waals surface area contributed by atoms with E-state index < -0.39 is 23.1 Å². The summed E-state index contributed by atoms with van der Waals surface area (Å²) in [6.45, 7) is 2.46. The number of carbonyl (C=O) groups is 1. The smallest absolute Gasteiger partial charge is 0.352 e. The van der Waals surface area contributed by atoms with Crippen LogP contribution in [-0.4, -0.2) is 22.0 Å². The molecule has 0 saturated heterocycles. The predicted molar refractivity (Wildman–Crippen MR) is 106 cm³/mol. The van der Waals surface area contributed by atoms with Gasteiger partial charge >= 0.3 is 6.18 Å². The van der Waals surface area contributed by atoms with E-state index in [2.05, 4.69) is 10.3 Å². The Morgan fingerprint density at radius 1 is 1.24 bits per heavy atom. The summed E-state index contributed by atoms with van der Waals surface area (Å²) in [7, 11) is 0. The maximum Gasteiger partial charge on any atom is 0.416 e. The Hall–Kier alpha value is -2.87. The molecule has 0 bridgehead atoms. The van der Waals surface area contributed by atoms with E-state index in [1.807, 2.05) is 6.07 Å². The number of aryl methyl sites for hydroxylation is 1. The molecular weight excluding hydrogens is 407 g/mol. The van der Waals surface area contributed by atoms with Gasteiger partial charge in [0.1, 0.15) is 5.56 Å². The Balaban J connectivity index is 0.00000300. The molecule has 5 nitrogen and oxygen atoms in total. The highest BCUT2D eigenvalue weighted by atomic mass is 35.5. The summed E-state index contributed by atoms with van der Waals surface area (Å²) in [5, 5.41) is 2.52. The van der Waals surface area contributed by atoms with Gasteiger partial charge in [-0.3, -0.25) is 14.6 Å². The van der Waals surface area contributed by atoms with Crippen molar-refractivity contribution in [2.75, 3.05) is 6.54 Å². The first-order valence-electron chi connectivity index (χ1n) is 8.72. The fourth-order valence-corrected chi connectivity index (χ4v) is 2.96. The van der Waals surface area contributed by atoms with Gasteiger partial charge in [0, 0.05) is 37.1 Å². The third-order valence-electron chi connectivity index (χ3n) is 4.41. The van der Waals surface area contributed by atoms with Crippen LogP contribution in [0.3, 0.4) is 0 Å². The van der Waals surface area contributed by atoms with Crippen LogP contribution in [-0.2, 0) is 19.1 Å². The van der Waals surface area contributed by atoms with Crippen molar-refractivity contribution < 1.29 is 18.0 Å². The van der Waals surface area contributed by atoms with Crippen molar-refractivity contribution in [3.8, 4) is 0 Å². The lowest BCUT2D eigenvalue weighted by Gasteiger charge is -2.14. The molecule has 29 heavy (non-hydrogen) atoms. The molecule has 2 heterocycles. The first-order chi connectivity index (χ1) is 13.3. The standard InChI is InChI=1S/C20H18F3N3O2.ClH/c1-2-26-12-16(19(28)25-9-7-13-4-3-8-24-11-13)18(27)15-10-14(20(21,22)23)5-6-17(15)26;/h3-6,8,10-12H,2,7,9H2,1H3,(H,25,28);1H. The van der Waals surface area contributed by atoms with E-state index in [9.17, 15) is 22.8 Å². The number of carbonyl (C=O) groups excluding carboxylic acids is 1. The first-order valence-corrected chi connectivity index (χ1v) is 8.72. The van der Waals surface area contributed by atoms with Gasteiger partial charge in [-0.2, -0.15) is 13.2 Å². The summed E-state index contributed by atoms with van der Waals surface area (Å²) in [5.74, 6) is -0.615. The van der Waals surface area contributed by atoms with Crippen LogP contribution in [0.25, 0.3) is 10.9 Å². The Morgan fingerprint density at radius 2 is 2.00 bits per heavy atom. The Kier molecular flexibility index (Phi) is 7.02. The molecule has 154 valence electrons. The van der Waals surface area contributed by atoms with Crippen LogP contribution in [0.1, 0.15) is 28.4 Å². The molecule has 0 aliphatic heterocycles. The second kappa shape index (κ2) is 9.09. The maximum atomic E-state index is 13.0.